The third kappa shape index (κ3) is 5.19. The molecule has 3 nitrogen and oxygen atoms in total. The van der Waals surface area contributed by atoms with Crippen molar-refractivity contribution in [3.05, 3.63) is 35.9 Å². The van der Waals surface area contributed by atoms with E-state index >= 15 is 0 Å². The van der Waals surface area contributed by atoms with Crippen LogP contribution < -0.4 is 11.1 Å². The van der Waals surface area contributed by atoms with Crippen LogP contribution in [-0.2, 0) is 11.2 Å². The zero-order valence-corrected chi connectivity index (χ0v) is 10.1. The highest BCUT2D eigenvalue weighted by Gasteiger charge is 2.06. The van der Waals surface area contributed by atoms with Crippen LogP contribution in [0.5, 0.6) is 0 Å². The maximum atomic E-state index is 11.2. The third-order valence-corrected chi connectivity index (χ3v) is 2.59. The second-order valence-corrected chi connectivity index (χ2v) is 4.42. The van der Waals surface area contributed by atoms with Gasteiger partial charge in [0.05, 0.1) is 0 Å². The molecular formula is C12H18N2OS. The first-order valence-electron chi connectivity index (χ1n) is 5.41. The van der Waals surface area contributed by atoms with Gasteiger partial charge in [0, 0.05) is 24.8 Å². The van der Waals surface area contributed by atoms with Crippen LogP contribution in [0.4, 0.5) is 0 Å². The number of rotatable bonds is 6. The van der Waals surface area contributed by atoms with Crippen molar-refractivity contribution in [1.82, 2.24) is 5.32 Å². The molecule has 0 aliphatic heterocycles. The molecule has 4 heteroatoms. The summed E-state index contributed by atoms with van der Waals surface area (Å²) < 4.78 is 0. The maximum Gasteiger partial charge on any atom is 0.221 e. The van der Waals surface area contributed by atoms with Crippen LogP contribution >= 0.6 is 12.6 Å². The summed E-state index contributed by atoms with van der Waals surface area (Å²) in [6.07, 6.45) is 1.23. The van der Waals surface area contributed by atoms with E-state index in [2.05, 4.69) is 30.1 Å². The Bertz CT molecular complexity index is 316. The fraction of sp³-hybridized carbons (Fsp3) is 0.417. The summed E-state index contributed by atoms with van der Waals surface area (Å²) >= 11 is 4.44. The topological polar surface area (TPSA) is 55.1 Å². The predicted octanol–water partition coefficient (Wildman–Crippen LogP) is 0.993. The van der Waals surface area contributed by atoms with Gasteiger partial charge in [0.25, 0.3) is 0 Å². The van der Waals surface area contributed by atoms with E-state index in [-0.39, 0.29) is 11.2 Å². The Morgan fingerprint density at radius 1 is 1.38 bits per heavy atom. The predicted molar refractivity (Wildman–Crippen MR) is 69.6 cm³/mol. The Labute approximate surface area is 102 Å². The second kappa shape index (κ2) is 7.30. The Morgan fingerprint density at radius 3 is 2.69 bits per heavy atom. The fourth-order valence-electron chi connectivity index (χ4n) is 1.41. The van der Waals surface area contributed by atoms with Crippen molar-refractivity contribution in [3.63, 3.8) is 0 Å². The summed E-state index contributed by atoms with van der Waals surface area (Å²) in [5, 5.41) is 2.95. The standard InChI is InChI=1S/C12H18N2OS/c13-7-6-12(15)14-9-11(16)8-10-4-2-1-3-5-10/h1-5,11,16H,6-9,13H2,(H,14,15)/t11-/m1/s1. The molecule has 0 aliphatic rings. The second-order valence-electron chi connectivity index (χ2n) is 3.69. The fourth-order valence-corrected chi connectivity index (χ4v) is 1.71. The van der Waals surface area contributed by atoms with Gasteiger partial charge in [-0.3, -0.25) is 4.79 Å². The zero-order valence-electron chi connectivity index (χ0n) is 9.23. The first-order chi connectivity index (χ1) is 7.72. The first kappa shape index (κ1) is 13.1. The lowest BCUT2D eigenvalue weighted by molar-refractivity contribution is -0.120. The van der Waals surface area contributed by atoms with E-state index in [1.54, 1.807) is 0 Å². The van der Waals surface area contributed by atoms with Gasteiger partial charge in [-0.25, -0.2) is 0 Å². The number of thiol groups is 1. The number of carbonyl (C=O) groups is 1. The van der Waals surface area contributed by atoms with Crippen molar-refractivity contribution >= 4 is 18.5 Å². The van der Waals surface area contributed by atoms with Gasteiger partial charge in [0.2, 0.25) is 5.91 Å². The highest BCUT2D eigenvalue weighted by molar-refractivity contribution is 7.81. The van der Waals surface area contributed by atoms with Crippen LogP contribution in [-0.4, -0.2) is 24.2 Å². The van der Waals surface area contributed by atoms with Gasteiger partial charge in [-0.2, -0.15) is 12.6 Å². The lowest BCUT2D eigenvalue weighted by Gasteiger charge is -2.11. The molecule has 88 valence electrons. The van der Waals surface area contributed by atoms with Crippen LogP contribution in [0.25, 0.3) is 0 Å². The zero-order chi connectivity index (χ0) is 11.8. The van der Waals surface area contributed by atoms with E-state index in [0.717, 1.165) is 6.42 Å². The molecule has 16 heavy (non-hydrogen) atoms. The quantitative estimate of drug-likeness (QED) is 0.647. The van der Waals surface area contributed by atoms with Crippen LogP contribution in [0, 0.1) is 0 Å². The molecule has 0 fully saturated rings. The Balaban J connectivity index is 2.26. The van der Waals surface area contributed by atoms with E-state index in [1.807, 2.05) is 18.2 Å². The molecule has 0 heterocycles. The molecule has 1 rings (SSSR count). The molecule has 1 aromatic carbocycles. The van der Waals surface area contributed by atoms with Gasteiger partial charge in [0.15, 0.2) is 0 Å². The molecule has 0 unspecified atom stereocenters. The molecule has 0 aliphatic carbocycles. The van der Waals surface area contributed by atoms with Gasteiger partial charge >= 0.3 is 0 Å². The Kier molecular flexibility index (Phi) is 5.96. The minimum absolute atomic E-state index is 0.00499. The summed E-state index contributed by atoms with van der Waals surface area (Å²) in [5.74, 6) is -0.00499. The van der Waals surface area contributed by atoms with E-state index in [0.29, 0.717) is 19.5 Å². The average Bonchev–Trinajstić information content (AvgIpc) is 2.28. The summed E-state index contributed by atoms with van der Waals surface area (Å²) in [4.78, 5) is 11.2. The van der Waals surface area contributed by atoms with Gasteiger partial charge in [0.1, 0.15) is 0 Å². The minimum atomic E-state index is -0.00499. The number of hydrogen-bond acceptors (Lipinski definition) is 3. The van der Waals surface area contributed by atoms with Crippen molar-refractivity contribution < 1.29 is 4.79 Å². The monoisotopic (exact) mass is 238 g/mol. The third-order valence-electron chi connectivity index (χ3n) is 2.22. The van der Waals surface area contributed by atoms with Gasteiger partial charge in [-0.05, 0) is 12.0 Å². The van der Waals surface area contributed by atoms with Gasteiger partial charge in [-0.1, -0.05) is 30.3 Å². The molecule has 0 radical (unpaired) electrons. The first-order valence-corrected chi connectivity index (χ1v) is 5.92. The molecular weight excluding hydrogens is 220 g/mol. The average molecular weight is 238 g/mol. The smallest absolute Gasteiger partial charge is 0.221 e. The van der Waals surface area contributed by atoms with E-state index < -0.39 is 0 Å². The maximum absolute atomic E-state index is 11.2. The van der Waals surface area contributed by atoms with Crippen LogP contribution in [0.3, 0.4) is 0 Å². The summed E-state index contributed by atoms with van der Waals surface area (Å²) in [6.45, 7) is 0.971. The lowest BCUT2D eigenvalue weighted by atomic mass is 10.1. The van der Waals surface area contributed by atoms with Crippen LogP contribution in [0.15, 0.2) is 30.3 Å². The van der Waals surface area contributed by atoms with Crippen molar-refractivity contribution in [3.8, 4) is 0 Å². The molecule has 0 bridgehead atoms. The van der Waals surface area contributed by atoms with Crippen molar-refractivity contribution in [2.75, 3.05) is 13.1 Å². The molecule has 0 aromatic heterocycles. The molecule has 1 aromatic rings. The van der Waals surface area contributed by atoms with E-state index in [4.69, 9.17) is 5.73 Å². The van der Waals surface area contributed by atoms with E-state index in [1.165, 1.54) is 5.56 Å². The van der Waals surface area contributed by atoms with Crippen LogP contribution in [0.1, 0.15) is 12.0 Å². The number of nitrogens with two attached hydrogens (primary N) is 1. The largest absolute Gasteiger partial charge is 0.355 e. The number of nitrogens with one attached hydrogen (secondary N) is 1. The molecule has 1 atom stereocenters. The summed E-state index contributed by atoms with van der Waals surface area (Å²) in [7, 11) is 0. The number of carbonyl (C=O) groups excluding carboxylic acids is 1. The summed E-state index contributed by atoms with van der Waals surface area (Å²) in [5.41, 5.74) is 6.51. The highest BCUT2D eigenvalue weighted by Crippen LogP contribution is 2.06. The number of benzene rings is 1. The minimum Gasteiger partial charge on any atom is -0.355 e. The SMILES string of the molecule is NCCC(=O)NC[C@H](S)Cc1ccccc1. The number of amides is 1. The van der Waals surface area contributed by atoms with Crippen molar-refractivity contribution in [2.45, 2.75) is 18.1 Å². The summed E-state index contributed by atoms with van der Waals surface area (Å²) in [6, 6.07) is 10.1. The molecule has 0 saturated heterocycles. The molecule has 3 N–H and O–H groups in total. The van der Waals surface area contributed by atoms with Crippen molar-refractivity contribution in [1.29, 1.82) is 0 Å². The van der Waals surface area contributed by atoms with E-state index in [9.17, 15) is 4.79 Å². The highest BCUT2D eigenvalue weighted by atomic mass is 32.1. The normalized spacial score (nSPS) is 12.1. The lowest BCUT2D eigenvalue weighted by Crippen LogP contribution is -2.31. The van der Waals surface area contributed by atoms with Gasteiger partial charge < -0.3 is 11.1 Å². The van der Waals surface area contributed by atoms with Crippen LogP contribution in [0.2, 0.25) is 0 Å². The molecule has 0 saturated carbocycles. The van der Waals surface area contributed by atoms with Gasteiger partial charge in [-0.15, -0.1) is 0 Å². The molecule has 0 spiro atoms. The van der Waals surface area contributed by atoms with Crippen molar-refractivity contribution in [2.24, 2.45) is 5.73 Å². The number of hydrogen-bond donors (Lipinski definition) is 3. The Hall–Kier alpha value is -1.00. The Morgan fingerprint density at radius 2 is 2.06 bits per heavy atom. The molecule has 1 amide bonds.